The van der Waals surface area contributed by atoms with Crippen LogP contribution in [0.2, 0.25) is 0 Å². The summed E-state index contributed by atoms with van der Waals surface area (Å²) in [5.41, 5.74) is 4.36. The van der Waals surface area contributed by atoms with Crippen molar-refractivity contribution in [2.75, 3.05) is 16.8 Å². The summed E-state index contributed by atoms with van der Waals surface area (Å²) in [5, 5.41) is 3.22. The van der Waals surface area contributed by atoms with Crippen molar-refractivity contribution in [3.8, 4) is 0 Å². The van der Waals surface area contributed by atoms with Crippen molar-refractivity contribution in [3.63, 3.8) is 0 Å². The smallest absolute Gasteiger partial charge is 0.277 e. The highest BCUT2D eigenvalue weighted by atomic mass is 16.2. The van der Waals surface area contributed by atoms with Crippen LogP contribution < -0.4 is 10.2 Å². The molecular weight excluding hydrogens is 336 g/mol. The second-order valence-corrected chi connectivity index (χ2v) is 6.44. The van der Waals surface area contributed by atoms with Crippen molar-refractivity contribution in [2.45, 2.75) is 27.3 Å². The van der Waals surface area contributed by atoms with Gasteiger partial charge < -0.3 is 10.2 Å². The lowest BCUT2D eigenvalue weighted by Crippen LogP contribution is -2.31. The fourth-order valence-electron chi connectivity index (χ4n) is 2.83. The van der Waals surface area contributed by atoms with Crippen LogP contribution in [0.1, 0.15) is 34.2 Å². The Labute approximate surface area is 160 Å². The Kier molecular flexibility index (Phi) is 5.81. The molecule has 0 aliphatic rings. The minimum atomic E-state index is -0.132. The van der Waals surface area contributed by atoms with Crippen LogP contribution in [0.15, 0.2) is 60.7 Å². The number of benzene rings is 2. The molecule has 0 aliphatic carbocycles. The Balaban J connectivity index is 1.79. The lowest BCUT2D eigenvalue weighted by Gasteiger charge is -2.21. The molecule has 1 aromatic heterocycles. The monoisotopic (exact) mass is 360 g/mol. The van der Waals surface area contributed by atoms with Crippen LogP contribution in [0.3, 0.4) is 0 Å². The van der Waals surface area contributed by atoms with E-state index in [1.807, 2.05) is 44.2 Å². The molecule has 5 nitrogen and oxygen atoms in total. The summed E-state index contributed by atoms with van der Waals surface area (Å²) in [5.74, 6) is 0.329. The molecule has 1 N–H and O–H groups in total. The molecule has 5 heteroatoms. The van der Waals surface area contributed by atoms with Gasteiger partial charge in [-0.15, -0.1) is 0 Å². The number of nitrogens with zero attached hydrogens (tertiary/aromatic N) is 3. The van der Waals surface area contributed by atoms with E-state index < -0.39 is 0 Å². The van der Waals surface area contributed by atoms with E-state index in [-0.39, 0.29) is 5.91 Å². The Bertz CT molecular complexity index is 907. The minimum absolute atomic E-state index is 0.132. The van der Waals surface area contributed by atoms with Gasteiger partial charge in [-0.25, -0.2) is 9.97 Å². The highest BCUT2D eigenvalue weighted by Gasteiger charge is 2.18. The number of aromatic nitrogens is 2. The summed E-state index contributed by atoms with van der Waals surface area (Å²) in [7, 11) is 0. The van der Waals surface area contributed by atoms with Gasteiger partial charge in [-0.3, -0.25) is 4.79 Å². The van der Waals surface area contributed by atoms with Crippen molar-refractivity contribution in [2.24, 2.45) is 0 Å². The predicted molar refractivity (Wildman–Crippen MR) is 109 cm³/mol. The molecule has 27 heavy (non-hydrogen) atoms. The topological polar surface area (TPSA) is 58.1 Å². The van der Waals surface area contributed by atoms with Crippen LogP contribution in [0.25, 0.3) is 0 Å². The maximum atomic E-state index is 13.0. The van der Waals surface area contributed by atoms with E-state index >= 15 is 0 Å². The first-order chi connectivity index (χ1) is 13.1. The number of hydrogen-bond acceptors (Lipinski definition) is 4. The van der Waals surface area contributed by atoms with E-state index in [2.05, 4.69) is 46.5 Å². The van der Waals surface area contributed by atoms with Gasteiger partial charge in [0.05, 0.1) is 0 Å². The van der Waals surface area contributed by atoms with Crippen LogP contribution in [0, 0.1) is 13.8 Å². The highest BCUT2D eigenvalue weighted by molar-refractivity contribution is 6.04. The number of aryl methyl sites for hydroxylation is 2. The average molecular weight is 360 g/mol. The number of carbonyl (C=O) groups excluding carboxylic acids is 1. The molecule has 3 rings (SSSR count). The predicted octanol–water partition coefficient (Wildman–Crippen LogP) is 4.37. The van der Waals surface area contributed by atoms with Gasteiger partial charge in [-0.05, 0) is 44.5 Å². The Morgan fingerprint density at radius 3 is 2.37 bits per heavy atom. The highest BCUT2D eigenvalue weighted by Crippen LogP contribution is 2.17. The third-order valence-corrected chi connectivity index (χ3v) is 4.27. The van der Waals surface area contributed by atoms with Crippen LogP contribution in [-0.4, -0.2) is 22.4 Å². The SMILES string of the molecule is CCN(C(=O)c1cc(C)nc(NCc2ccc(C)cc2)n1)c1ccccc1. The van der Waals surface area contributed by atoms with Gasteiger partial charge in [0.1, 0.15) is 5.69 Å². The number of amides is 1. The van der Waals surface area contributed by atoms with Gasteiger partial charge in [-0.1, -0.05) is 48.0 Å². The molecular formula is C22H24N4O. The van der Waals surface area contributed by atoms with Crippen LogP contribution in [0.4, 0.5) is 11.6 Å². The first kappa shape index (κ1) is 18.6. The average Bonchev–Trinajstić information content (AvgIpc) is 2.68. The quantitative estimate of drug-likeness (QED) is 0.709. The molecule has 3 aromatic rings. The normalized spacial score (nSPS) is 10.5. The Hall–Kier alpha value is -3.21. The molecule has 0 bridgehead atoms. The zero-order valence-corrected chi connectivity index (χ0v) is 15.9. The lowest BCUT2D eigenvalue weighted by atomic mass is 10.1. The van der Waals surface area contributed by atoms with E-state index in [1.165, 1.54) is 5.56 Å². The number of anilines is 2. The zero-order valence-electron chi connectivity index (χ0n) is 15.9. The number of carbonyl (C=O) groups is 1. The Morgan fingerprint density at radius 1 is 1.00 bits per heavy atom. The summed E-state index contributed by atoms with van der Waals surface area (Å²) in [6.45, 7) is 7.06. The van der Waals surface area contributed by atoms with Crippen molar-refractivity contribution >= 4 is 17.5 Å². The van der Waals surface area contributed by atoms with Crippen LogP contribution in [0.5, 0.6) is 0 Å². The Morgan fingerprint density at radius 2 is 1.70 bits per heavy atom. The maximum Gasteiger partial charge on any atom is 0.277 e. The van der Waals surface area contributed by atoms with E-state index in [9.17, 15) is 4.79 Å². The van der Waals surface area contributed by atoms with E-state index in [1.54, 1.807) is 11.0 Å². The molecule has 1 amide bonds. The van der Waals surface area contributed by atoms with Gasteiger partial charge in [0.15, 0.2) is 0 Å². The van der Waals surface area contributed by atoms with Crippen LogP contribution in [-0.2, 0) is 6.54 Å². The van der Waals surface area contributed by atoms with Gasteiger partial charge in [-0.2, -0.15) is 0 Å². The number of nitrogens with one attached hydrogen (secondary N) is 1. The van der Waals surface area contributed by atoms with Gasteiger partial charge in [0.2, 0.25) is 5.95 Å². The van der Waals surface area contributed by atoms with Gasteiger partial charge in [0, 0.05) is 24.5 Å². The number of para-hydroxylation sites is 1. The fraction of sp³-hybridized carbons (Fsp3) is 0.227. The summed E-state index contributed by atoms with van der Waals surface area (Å²) < 4.78 is 0. The molecule has 0 saturated heterocycles. The molecule has 138 valence electrons. The summed E-state index contributed by atoms with van der Waals surface area (Å²) in [6.07, 6.45) is 0. The van der Waals surface area contributed by atoms with Crippen molar-refractivity contribution in [1.82, 2.24) is 9.97 Å². The van der Waals surface area contributed by atoms with E-state index in [4.69, 9.17) is 0 Å². The second kappa shape index (κ2) is 8.45. The van der Waals surface area contributed by atoms with E-state index in [0.717, 1.165) is 16.9 Å². The van der Waals surface area contributed by atoms with Crippen molar-refractivity contribution in [3.05, 3.63) is 83.2 Å². The summed E-state index contributed by atoms with van der Waals surface area (Å²) in [4.78, 5) is 23.6. The molecule has 0 atom stereocenters. The maximum absolute atomic E-state index is 13.0. The van der Waals surface area contributed by atoms with E-state index in [0.29, 0.717) is 24.7 Å². The molecule has 0 radical (unpaired) electrons. The van der Waals surface area contributed by atoms with Crippen LogP contribution >= 0.6 is 0 Å². The van der Waals surface area contributed by atoms with Gasteiger partial charge >= 0.3 is 0 Å². The minimum Gasteiger partial charge on any atom is -0.350 e. The zero-order chi connectivity index (χ0) is 19.2. The molecule has 0 spiro atoms. The first-order valence-corrected chi connectivity index (χ1v) is 9.09. The third kappa shape index (κ3) is 4.70. The summed E-state index contributed by atoms with van der Waals surface area (Å²) in [6, 6.07) is 19.6. The molecule has 0 fully saturated rings. The lowest BCUT2D eigenvalue weighted by molar-refractivity contribution is 0.0983. The largest absolute Gasteiger partial charge is 0.350 e. The number of hydrogen-bond donors (Lipinski definition) is 1. The molecule has 0 saturated carbocycles. The molecule has 0 unspecified atom stereocenters. The molecule has 2 aromatic carbocycles. The van der Waals surface area contributed by atoms with Gasteiger partial charge in [0.25, 0.3) is 5.91 Å². The first-order valence-electron chi connectivity index (χ1n) is 9.09. The standard InChI is InChI=1S/C22H24N4O/c1-4-26(19-8-6-5-7-9-19)21(27)20-14-17(3)24-22(25-20)23-15-18-12-10-16(2)11-13-18/h5-14H,4,15H2,1-3H3,(H,23,24,25). The second-order valence-electron chi connectivity index (χ2n) is 6.44. The number of rotatable bonds is 6. The third-order valence-electron chi connectivity index (χ3n) is 4.27. The van der Waals surface area contributed by atoms with Crippen molar-refractivity contribution < 1.29 is 4.79 Å². The van der Waals surface area contributed by atoms with Crippen molar-refractivity contribution in [1.29, 1.82) is 0 Å². The molecule has 1 heterocycles. The molecule has 0 aliphatic heterocycles. The summed E-state index contributed by atoms with van der Waals surface area (Å²) >= 11 is 0. The fourth-order valence-corrected chi connectivity index (χ4v) is 2.83.